The van der Waals surface area contributed by atoms with Gasteiger partial charge in [0.05, 0.1) is 19.8 Å². The second-order valence-corrected chi connectivity index (χ2v) is 15.9. The molecule has 56 heavy (non-hydrogen) atoms. The topological polar surface area (TPSA) is 149 Å². The lowest BCUT2D eigenvalue weighted by Crippen LogP contribution is -2.29. The van der Waals surface area contributed by atoms with E-state index in [2.05, 4.69) is 24.4 Å². The van der Waals surface area contributed by atoms with Crippen molar-refractivity contribution >= 4 is 19.8 Å². The molecule has 11 heteroatoms. The summed E-state index contributed by atoms with van der Waals surface area (Å²) in [5.74, 6) is -1.01. The first-order chi connectivity index (χ1) is 27.2. The monoisotopic (exact) mass is 811 g/mol. The fourth-order valence-corrected chi connectivity index (χ4v) is 6.52. The largest absolute Gasteiger partial charge is 0.472 e. The molecule has 0 saturated carbocycles. The van der Waals surface area contributed by atoms with Crippen molar-refractivity contribution in [2.24, 2.45) is 0 Å². The Morgan fingerprint density at radius 1 is 0.554 bits per heavy atom. The third-order valence-corrected chi connectivity index (χ3v) is 10.0. The maximum atomic E-state index is 12.5. The molecule has 0 aromatic heterocycles. The highest BCUT2D eigenvalue weighted by Gasteiger charge is 2.27. The van der Waals surface area contributed by atoms with E-state index in [1.807, 2.05) is 54.7 Å². The van der Waals surface area contributed by atoms with Crippen LogP contribution in [0.5, 0.6) is 0 Å². The number of aliphatic hydroxyl groups is 2. The molecule has 3 N–H and O–H groups in total. The second kappa shape index (κ2) is 40.9. The van der Waals surface area contributed by atoms with E-state index in [0.717, 1.165) is 25.7 Å². The summed E-state index contributed by atoms with van der Waals surface area (Å²) in [6.07, 6.45) is 45.0. The molecular formula is C45H79O10P. The average Bonchev–Trinajstić information content (AvgIpc) is 3.19. The summed E-state index contributed by atoms with van der Waals surface area (Å²) in [6.45, 7) is 2.15. The first-order valence-corrected chi connectivity index (χ1v) is 23.3. The molecule has 0 fully saturated rings. The highest BCUT2D eigenvalue weighted by Crippen LogP contribution is 2.43. The van der Waals surface area contributed by atoms with E-state index >= 15 is 0 Å². The van der Waals surface area contributed by atoms with E-state index in [1.54, 1.807) is 0 Å². The molecule has 10 nitrogen and oxygen atoms in total. The Morgan fingerprint density at radius 3 is 1.46 bits per heavy atom. The van der Waals surface area contributed by atoms with Crippen LogP contribution >= 0.6 is 7.82 Å². The minimum absolute atomic E-state index is 0.0872. The van der Waals surface area contributed by atoms with E-state index in [1.165, 1.54) is 103 Å². The number of unbranched alkanes of at least 4 members (excludes halogenated alkanes) is 20. The van der Waals surface area contributed by atoms with E-state index in [0.29, 0.717) is 19.3 Å². The van der Waals surface area contributed by atoms with Gasteiger partial charge in [-0.25, -0.2) is 4.57 Å². The molecule has 0 aromatic rings. The first kappa shape index (κ1) is 53.7. The quantitative estimate of drug-likeness (QED) is 0.0236. The van der Waals surface area contributed by atoms with Crippen LogP contribution in [0.2, 0.25) is 0 Å². The Balaban J connectivity index is 4.29. The fourth-order valence-electron chi connectivity index (χ4n) is 5.73. The van der Waals surface area contributed by atoms with Gasteiger partial charge in [0.1, 0.15) is 12.7 Å². The van der Waals surface area contributed by atoms with Gasteiger partial charge in [0.25, 0.3) is 0 Å². The van der Waals surface area contributed by atoms with Crippen molar-refractivity contribution in [2.75, 3.05) is 26.4 Å². The van der Waals surface area contributed by atoms with Gasteiger partial charge in [0, 0.05) is 12.8 Å². The van der Waals surface area contributed by atoms with Crippen LogP contribution in [0, 0.1) is 0 Å². The Labute approximate surface area is 340 Å². The van der Waals surface area contributed by atoms with E-state index in [-0.39, 0.29) is 19.4 Å². The van der Waals surface area contributed by atoms with Crippen molar-refractivity contribution in [1.82, 2.24) is 0 Å². The number of rotatable bonds is 40. The zero-order valence-corrected chi connectivity index (χ0v) is 36.0. The second-order valence-electron chi connectivity index (χ2n) is 14.5. The van der Waals surface area contributed by atoms with Gasteiger partial charge in [-0.05, 0) is 25.7 Å². The van der Waals surface area contributed by atoms with Crippen LogP contribution in [0.1, 0.15) is 174 Å². The van der Waals surface area contributed by atoms with E-state index in [9.17, 15) is 24.2 Å². The van der Waals surface area contributed by atoms with Gasteiger partial charge in [-0.15, -0.1) is 0 Å². The number of phosphoric ester groups is 1. The molecule has 324 valence electrons. The van der Waals surface area contributed by atoms with E-state index < -0.39 is 51.8 Å². The van der Waals surface area contributed by atoms with Gasteiger partial charge in [-0.1, -0.05) is 197 Å². The third kappa shape index (κ3) is 39.9. The van der Waals surface area contributed by atoms with Crippen molar-refractivity contribution < 1.29 is 47.8 Å². The van der Waals surface area contributed by atoms with Crippen LogP contribution in [-0.2, 0) is 32.7 Å². The summed E-state index contributed by atoms with van der Waals surface area (Å²) < 4.78 is 32.6. The minimum atomic E-state index is -4.64. The number of carbonyl (C=O) groups excluding carboxylic acids is 2. The molecule has 0 saturated heterocycles. The Bertz CT molecular complexity index is 1120. The predicted octanol–water partition coefficient (Wildman–Crippen LogP) is 11.5. The Hall–Kier alpha value is -2.33. The zero-order valence-electron chi connectivity index (χ0n) is 35.1. The Morgan fingerprint density at radius 2 is 0.982 bits per heavy atom. The molecular weight excluding hydrogens is 731 g/mol. The predicted molar refractivity (Wildman–Crippen MR) is 228 cm³/mol. The molecule has 0 amide bonds. The van der Waals surface area contributed by atoms with Gasteiger partial charge in [-0.3, -0.25) is 18.6 Å². The van der Waals surface area contributed by atoms with Crippen molar-refractivity contribution in [3.8, 4) is 0 Å². The van der Waals surface area contributed by atoms with E-state index in [4.69, 9.17) is 19.1 Å². The smallest absolute Gasteiger partial charge is 0.462 e. The lowest BCUT2D eigenvalue weighted by molar-refractivity contribution is -0.161. The first-order valence-electron chi connectivity index (χ1n) is 21.8. The maximum Gasteiger partial charge on any atom is 0.472 e. The molecule has 0 rings (SSSR count). The highest BCUT2D eigenvalue weighted by molar-refractivity contribution is 7.47. The molecule has 0 aliphatic rings. The number of ether oxygens (including phenoxy) is 2. The molecule has 0 spiro atoms. The summed E-state index contributed by atoms with van der Waals surface area (Å²) in [5.41, 5.74) is 0. The number of allylic oxidation sites excluding steroid dienone is 10. The standard InChI is InChI=1S/C45H79O10P/c1-3-5-7-9-11-13-15-17-18-19-20-21-22-23-25-26-28-30-32-34-36-44(48)52-40-43(41-54-56(50,51)53-39-42(47)38-46)55-45(49)37-35-33-31-29-27-24-16-14-12-10-8-6-4-2/h6,8,10,12,14,16,24,27,29,31,42-43,46-47H,3-5,7,9,11,13,15,17-23,25-26,28,30,32-41H2,1-2H3,(H,50,51)/b8-6+,12-10+,16-14+,27-24+,31-29+/t42-,43?/m1/s1. The van der Waals surface area contributed by atoms with Crippen molar-refractivity contribution in [2.45, 2.75) is 187 Å². The summed E-state index contributed by atoms with van der Waals surface area (Å²) in [7, 11) is -4.64. The van der Waals surface area contributed by atoms with Gasteiger partial charge in [0.2, 0.25) is 0 Å². The molecule has 2 unspecified atom stereocenters. The number of hydrogen-bond acceptors (Lipinski definition) is 9. The zero-order chi connectivity index (χ0) is 41.2. The van der Waals surface area contributed by atoms with Gasteiger partial charge in [0.15, 0.2) is 6.10 Å². The number of phosphoric acid groups is 1. The van der Waals surface area contributed by atoms with Crippen LogP contribution in [-0.4, -0.2) is 65.7 Å². The lowest BCUT2D eigenvalue weighted by Gasteiger charge is -2.20. The SMILES string of the molecule is CC/C=C/C=C/C=C/C=C/C=C/CCCC(=O)OC(COC(=O)CCCCCCCCCCCCCCCCCCCCCC)COP(=O)(O)OC[C@H](O)CO. The van der Waals surface area contributed by atoms with Gasteiger partial charge in [-0.2, -0.15) is 0 Å². The summed E-state index contributed by atoms with van der Waals surface area (Å²) in [4.78, 5) is 34.9. The highest BCUT2D eigenvalue weighted by atomic mass is 31.2. The fraction of sp³-hybridized carbons (Fsp3) is 0.733. The maximum absolute atomic E-state index is 12.5. The van der Waals surface area contributed by atoms with Gasteiger partial charge < -0.3 is 24.6 Å². The molecule has 0 aliphatic carbocycles. The van der Waals surface area contributed by atoms with Crippen LogP contribution < -0.4 is 0 Å². The lowest BCUT2D eigenvalue weighted by atomic mass is 10.0. The van der Waals surface area contributed by atoms with Gasteiger partial charge >= 0.3 is 19.8 Å². The summed E-state index contributed by atoms with van der Waals surface area (Å²) in [5, 5.41) is 18.3. The molecule has 0 bridgehead atoms. The molecule has 3 atom stereocenters. The van der Waals surface area contributed by atoms with Crippen LogP contribution in [0.15, 0.2) is 60.8 Å². The number of aliphatic hydroxyl groups excluding tert-OH is 2. The number of carbonyl (C=O) groups is 2. The van der Waals surface area contributed by atoms with Crippen molar-refractivity contribution in [3.05, 3.63) is 60.8 Å². The molecule has 0 aromatic carbocycles. The molecule has 0 heterocycles. The summed E-state index contributed by atoms with van der Waals surface area (Å²) in [6, 6.07) is 0. The minimum Gasteiger partial charge on any atom is -0.462 e. The molecule has 0 radical (unpaired) electrons. The molecule has 0 aliphatic heterocycles. The number of esters is 2. The van der Waals surface area contributed by atoms with Crippen LogP contribution in [0.25, 0.3) is 0 Å². The summed E-state index contributed by atoms with van der Waals surface area (Å²) >= 11 is 0. The van der Waals surface area contributed by atoms with Crippen LogP contribution in [0.4, 0.5) is 0 Å². The van der Waals surface area contributed by atoms with Crippen LogP contribution in [0.3, 0.4) is 0 Å². The normalized spacial score (nSPS) is 14.4. The Kier molecular flexibility index (Phi) is 39.2. The third-order valence-electron chi connectivity index (χ3n) is 9.06. The van der Waals surface area contributed by atoms with Crippen molar-refractivity contribution in [3.63, 3.8) is 0 Å². The number of hydrogen-bond donors (Lipinski definition) is 3. The van der Waals surface area contributed by atoms with Crippen molar-refractivity contribution in [1.29, 1.82) is 0 Å². The average molecular weight is 811 g/mol.